The third-order valence-corrected chi connectivity index (χ3v) is 4.93. The average Bonchev–Trinajstić information content (AvgIpc) is 2.87. The monoisotopic (exact) mass is 307 g/mol. The standard InChI is InChI=1S/C17H22ClNS/c1-5-19-17(11(2)3)16-9-8-15(20-16)14-10-13(18)7-6-12(14)4/h6-11,17,19H,5H2,1-4H3. The first kappa shape index (κ1) is 15.6. The van der Waals surface area contributed by atoms with Gasteiger partial charge in [0.15, 0.2) is 0 Å². The fourth-order valence-electron chi connectivity index (χ4n) is 2.41. The molecule has 0 fully saturated rings. The largest absolute Gasteiger partial charge is 0.309 e. The van der Waals surface area contributed by atoms with Crippen LogP contribution in [0.25, 0.3) is 10.4 Å². The van der Waals surface area contributed by atoms with Gasteiger partial charge >= 0.3 is 0 Å². The van der Waals surface area contributed by atoms with Gasteiger partial charge in [-0.1, -0.05) is 38.4 Å². The van der Waals surface area contributed by atoms with Crippen LogP contribution in [0.4, 0.5) is 0 Å². The summed E-state index contributed by atoms with van der Waals surface area (Å²) >= 11 is 7.99. The summed E-state index contributed by atoms with van der Waals surface area (Å²) in [6, 6.07) is 11.0. The van der Waals surface area contributed by atoms with Crippen molar-refractivity contribution in [2.75, 3.05) is 6.54 Å². The van der Waals surface area contributed by atoms with Gasteiger partial charge in [-0.2, -0.15) is 0 Å². The van der Waals surface area contributed by atoms with Gasteiger partial charge in [0.05, 0.1) is 0 Å². The van der Waals surface area contributed by atoms with Crippen molar-refractivity contribution in [3.05, 3.63) is 45.8 Å². The molecule has 2 aromatic rings. The first-order valence-electron chi connectivity index (χ1n) is 7.12. The maximum absolute atomic E-state index is 6.13. The number of thiophene rings is 1. The summed E-state index contributed by atoms with van der Waals surface area (Å²) in [6.45, 7) is 9.81. The molecular formula is C17H22ClNS. The molecule has 1 heterocycles. The molecular weight excluding hydrogens is 286 g/mol. The molecule has 0 radical (unpaired) electrons. The minimum Gasteiger partial charge on any atom is -0.309 e. The Hall–Kier alpha value is -0.830. The Morgan fingerprint density at radius 2 is 1.95 bits per heavy atom. The highest BCUT2D eigenvalue weighted by molar-refractivity contribution is 7.15. The molecule has 1 atom stereocenters. The predicted molar refractivity (Wildman–Crippen MR) is 90.8 cm³/mol. The van der Waals surface area contributed by atoms with E-state index in [9.17, 15) is 0 Å². The van der Waals surface area contributed by atoms with Gasteiger partial charge in [0, 0.05) is 20.8 Å². The lowest BCUT2D eigenvalue weighted by atomic mass is 10.0. The number of nitrogens with one attached hydrogen (secondary N) is 1. The van der Waals surface area contributed by atoms with Gasteiger partial charge in [0.2, 0.25) is 0 Å². The quantitative estimate of drug-likeness (QED) is 0.749. The summed E-state index contributed by atoms with van der Waals surface area (Å²) < 4.78 is 0. The summed E-state index contributed by atoms with van der Waals surface area (Å²) in [5.41, 5.74) is 2.51. The normalized spacial score (nSPS) is 12.9. The molecule has 1 N–H and O–H groups in total. The van der Waals surface area contributed by atoms with Crippen molar-refractivity contribution in [2.45, 2.75) is 33.7 Å². The molecule has 0 aliphatic heterocycles. The van der Waals surface area contributed by atoms with E-state index in [0.29, 0.717) is 12.0 Å². The third-order valence-electron chi connectivity index (χ3n) is 3.49. The Kier molecular flexibility index (Phi) is 5.25. The van der Waals surface area contributed by atoms with E-state index in [1.165, 1.54) is 20.9 Å². The Morgan fingerprint density at radius 3 is 2.60 bits per heavy atom. The van der Waals surface area contributed by atoms with Crippen molar-refractivity contribution < 1.29 is 0 Å². The maximum atomic E-state index is 6.13. The zero-order valence-electron chi connectivity index (χ0n) is 12.5. The van der Waals surface area contributed by atoms with Crippen LogP contribution in [0.15, 0.2) is 30.3 Å². The maximum Gasteiger partial charge on any atom is 0.0438 e. The van der Waals surface area contributed by atoms with Crippen LogP contribution in [0.5, 0.6) is 0 Å². The highest BCUT2D eigenvalue weighted by atomic mass is 35.5. The number of hydrogen-bond acceptors (Lipinski definition) is 2. The average molecular weight is 308 g/mol. The predicted octanol–water partition coefficient (Wildman–Crippen LogP) is 5.68. The van der Waals surface area contributed by atoms with E-state index < -0.39 is 0 Å². The van der Waals surface area contributed by atoms with E-state index in [-0.39, 0.29) is 0 Å². The zero-order valence-corrected chi connectivity index (χ0v) is 14.1. The lowest BCUT2D eigenvalue weighted by Crippen LogP contribution is -2.24. The second-order valence-corrected chi connectivity index (χ2v) is 6.99. The van der Waals surface area contributed by atoms with Crippen LogP contribution in [0.3, 0.4) is 0 Å². The molecule has 108 valence electrons. The van der Waals surface area contributed by atoms with Crippen LogP contribution in [-0.4, -0.2) is 6.54 Å². The lowest BCUT2D eigenvalue weighted by Gasteiger charge is -2.20. The molecule has 0 amide bonds. The van der Waals surface area contributed by atoms with Crippen molar-refractivity contribution in [3.8, 4) is 10.4 Å². The van der Waals surface area contributed by atoms with Crippen molar-refractivity contribution in [3.63, 3.8) is 0 Å². The van der Waals surface area contributed by atoms with Gasteiger partial charge in [0.25, 0.3) is 0 Å². The van der Waals surface area contributed by atoms with Crippen LogP contribution in [-0.2, 0) is 0 Å². The molecule has 1 aromatic heterocycles. The molecule has 1 aromatic carbocycles. The van der Waals surface area contributed by atoms with Crippen LogP contribution in [0.2, 0.25) is 5.02 Å². The first-order chi connectivity index (χ1) is 9.52. The van der Waals surface area contributed by atoms with Gasteiger partial charge in [-0.15, -0.1) is 11.3 Å². The van der Waals surface area contributed by atoms with Crippen LogP contribution < -0.4 is 5.32 Å². The number of rotatable bonds is 5. The van der Waals surface area contributed by atoms with Crippen LogP contribution in [0.1, 0.15) is 37.3 Å². The van der Waals surface area contributed by atoms with Crippen LogP contribution >= 0.6 is 22.9 Å². The summed E-state index contributed by atoms with van der Waals surface area (Å²) in [7, 11) is 0. The SMILES string of the molecule is CCNC(c1ccc(-c2cc(Cl)ccc2C)s1)C(C)C. The summed E-state index contributed by atoms with van der Waals surface area (Å²) in [4.78, 5) is 2.69. The molecule has 3 heteroatoms. The summed E-state index contributed by atoms with van der Waals surface area (Å²) in [5, 5.41) is 4.37. The topological polar surface area (TPSA) is 12.0 Å². The van der Waals surface area contributed by atoms with E-state index >= 15 is 0 Å². The van der Waals surface area contributed by atoms with E-state index in [2.05, 4.69) is 57.3 Å². The Bertz CT molecular complexity index is 574. The third kappa shape index (κ3) is 3.43. The molecule has 1 nitrogen and oxygen atoms in total. The molecule has 2 rings (SSSR count). The number of benzene rings is 1. The van der Waals surface area contributed by atoms with Gasteiger partial charge in [-0.3, -0.25) is 0 Å². The second kappa shape index (κ2) is 6.75. The van der Waals surface area contributed by atoms with Crippen molar-refractivity contribution >= 4 is 22.9 Å². The molecule has 0 aliphatic rings. The molecule has 1 unspecified atom stereocenters. The minimum absolute atomic E-state index is 0.429. The van der Waals surface area contributed by atoms with Gasteiger partial charge in [0.1, 0.15) is 0 Å². The summed E-state index contributed by atoms with van der Waals surface area (Å²) in [6.07, 6.45) is 0. The van der Waals surface area contributed by atoms with Crippen molar-refractivity contribution in [1.82, 2.24) is 5.32 Å². The molecule has 0 bridgehead atoms. The highest BCUT2D eigenvalue weighted by Gasteiger charge is 2.17. The Labute approximate surface area is 131 Å². The summed E-state index contributed by atoms with van der Waals surface area (Å²) in [5.74, 6) is 0.585. The van der Waals surface area contributed by atoms with E-state index in [4.69, 9.17) is 11.6 Å². The van der Waals surface area contributed by atoms with Gasteiger partial charge in [-0.05, 0) is 54.8 Å². The number of halogens is 1. The minimum atomic E-state index is 0.429. The fourth-order valence-corrected chi connectivity index (χ4v) is 3.92. The molecule has 0 saturated carbocycles. The van der Waals surface area contributed by atoms with E-state index in [1.54, 1.807) is 0 Å². The fraction of sp³-hybridized carbons (Fsp3) is 0.412. The van der Waals surface area contributed by atoms with Gasteiger partial charge < -0.3 is 5.32 Å². The van der Waals surface area contributed by atoms with E-state index in [1.807, 2.05) is 17.4 Å². The molecule has 0 spiro atoms. The zero-order chi connectivity index (χ0) is 14.7. The second-order valence-electron chi connectivity index (χ2n) is 5.44. The van der Waals surface area contributed by atoms with Crippen molar-refractivity contribution in [1.29, 1.82) is 0 Å². The lowest BCUT2D eigenvalue weighted by molar-refractivity contribution is 0.428. The van der Waals surface area contributed by atoms with E-state index in [0.717, 1.165) is 11.6 Å². The molecule has 0 aliphatic carbocycles. The Balaban J connectivity index is 2.34. The van der Waals surface area contributed by atoms with Crippen LogP contribution in [0, 0.1) is 12.8 Å². The van der Waals surface area contributed by atoms with Gasteiger partial charge in [-0.25, -0.2) is 0 Å². The molecule has 0 saturated heterocycles. The number of aryl methyl sites for hydroxylation is 1. The van der Waals surface area contributed by atoms with Crippen molar-refractivity contribution in [2.24, 2.45) is 5.92 Å². The number of hydrogen-bond donors (Lipinski definition) is 1. The molecule has 20 heavy (non-hydrogen) atoms. The Morgan fingerprint density at radius 1 is 1.20 bits per heavy atom. The first-order valence-corrected chi connectivity index (χ1v) is 8.32. The highest BCUT2D eigenvalue weighted by Crippen LogP contribution is 2.36. The smallest absolute Gasteiger partial charge is 0.0438 e.